The summed E-state index contributed by atoms with van der Waals surface area (Å²) >= 11 is 0. The van der Waals surface area contributed by atoms with Crippen LogP contribution in [0, 0.1) is 0 Å². The van der Waals surface area contributed by atoms with Crippen LogP contribution in [0.25, 0.3) is 0 Å². The number of carbonyl (C=O) groups excluding carboxylic acids is 1. The molecular formula is C4H10O2Pb. The summed E-state index contributed by atoms with van der Waals surface area (Å²) in [5.41, 5.74) is 0. The molecule has 0 N–H and O–H groups in total. The molecule has 0 saturated carbocycles. The van der Waals surface area contributed by atoms with Crippen LogP contribution < -0.4 is 0 Å². The Hall–Kier alpha value is 0.552. The van der Waals surface area contributed by atoms with Gasteiger partial charge in [0, 0.05) is 6.61 Å². The molecule has 0 spiro atoms. The van der Waals surface area contributed by atoms with E-state index >= 15 is 0 Å². The average molecular weight is 297 g/mol. The summed E-state index contributed by atoms with van der Waals surface area (Å²) in [4.78, 5) is 9.44. The zero-order valence-corrected chi connectivity index (χ0v) is 10.0. The van der Waals surface area contributed by atoms with E-state index in [0.717, 1.165) is 6.29 Å². The van der Waals surface area contributed by atoms with Crippen LogP contribution in [-0.4, -0.2) is 46.8 Å². The van der Waals surface area contributed by atoms with Crippen LogP contribution in [-0.2, 0) is 9.53 Å². The Kier molecular flexibility index (Phi) is 14.6. The molecule has 0 heterocycles. The molecule has 0 amide bonds. The summed E-state index contributed by atoms with van der Waals surface area (Å²) in [6.45, 7) is 2.71. The van der Waals surface area contributed by atoms with E-state index < -0.39 is 0 Å². The Morgan fingerprint density at radius 2 is 2.29 bits per heavy atom. The number of aldehydes is 1. The van der Waals surface area contributed by atoms with Gasteiger partial charge in [0.05, 0.1) is 0 Å². The molecule has 0 atom stereocenters. The van der Waals surface area contributed by atoms with E-state index in [-0.39, 0.29) is 33.9 Å². The van der Waals surface area contributed by atoms with Crippen molar-refractivity contribution in [2.75, 3.05) is 13.2 Å². The van der Waals surface area contributed by atoms with Crippen molar-refractivity contribution in [2.45, 2.75) is 6.92 Å². The monoisotopic (exact) mass is 298 g/mol. The molecule has 0 fully saturated rings. The summed E-state index contributed by atoms with van der Waals surface area (Å²) < 4.78 is 4.61. The molecule has 0 aromatic carbocycles. The van der Waals surface area contributed by atoms with Gasteiger partial charge in [0.25, 0.3) is 0 Å². The van der Waals surface area contributed by atoms with E-state index in [4.69, 9.17) is 0 Å². The van der Waals surface area contributed by atoms with Crippen LogP contribution in [0.3, 0.4) is 0 Å². The van der Waals surface area contributed by atoms with E-state index in [2.05, 4.69) is 4.74 Å². The predicted octanol–water partition coefficient (Wildman–Crippen LogP) is -0.694. The molecule has 0 aliphatic carbocycles. The van der Waals surface area contributed by atoms with Crippen molar-refractivity contribution < 1.29 is 9.53 Å². The number of hydrogen-bond donors (Lipinski definition) is 0. The quantitative estimate of drug-likeness (QED) is 0.391. The fraction of sp³-hybridized carbons (Fsp3) is 0.750. The van der Waals surface area contributed by atoms with E-state index in [9.17, 15) is 4.79 Å². The van der Waals surface area contributed by atoms with Crippen LogP contribution in [0.2, 0.25) is 0 Å². The second-order valence-electron chi connectivity index (χ2n) is 0.826. The van der Waals surface area contributed by atoms with Crippen LogP contribution in [0.1, 0.15) is 6.92 Å². The van der Waals surface area contributed by atoms with E-state index in [0.29, 0.717) is 6.61 Å². The van der Waals surface area contributed by atoms with Crippen molar-refractivity contribution in [3.63, 3.8) is 0 Å². The van der Waals surface area contributed by atoms with Crippen molar-refractivity contribution in [1.29, 1.82) is 0 Å². The fourth-order valence-electron chi connectivity index (χ4n) is 0.166. The third-order valence-electron chi connectivity index (χ3n) is 0.390. The van der Waals surface area contributed by atoms with E-state index in [1.807, 2.05) is 6.92 Å². The number of rotatable bonds is 3. The van der Waals surface area contributed by atoms with Crippen molar-refractivity contribution in [3.8, 4) is 0 Å². The van der Waals surface area contributed by atoms with Gasteiger partial charge in [-0.05, 0) is 6.92 Å². The summed E-state index contributed by atoms with van der Waals surface area (Å²) in [7, 11) is 0. The standard InChI is InChI=1S/C4H8O2.Pb.2H/c1-2-6-4-3-5;;;/h3H,2,4H2,1H3;;;. The normalized spacial score (nSPS) is 7.00. The molecule has 3 heteroatoms. The fourth-order valence-corrected chi connectivity index (χ4v) is 0.166. The van der Waals surface area contributed by atoms with Gasteiger partial charge in [0.2, 0.25) is 0 Å². The zero-order chi connectivity index (χ0) is 4.83. The predicted molar refractivity (Wildman–Crippen MR) is 31.1 cm³/mol. The number of carbonyl (C=O) groups is 1. The maximum absolute atomic E-state index is 9.44. The van der Waals surface area contributed by atoms with Crippen LogP contribution in [0.4, 0.5) is 0 Å². The number of ether oxygens (including phenoxy) is 1. The topological polar surface area (TPSA) is 26.3 Å². The summed E-state index contributed by atoms with van der Waals surface area (Å²) in [6.07, 6.45) is 0.740. The second kappa shape index (κ2) is 9.75. The Morgan fingerprint density at radius 1 is 1.71 bits per heavy atom. The van der Waals surface area contributed by atoms with Gasteiger partial charge < -0.3 is 9.53 Å². The third kappa shape index (κ3) is 10.8. The van der Waals surface area contributed by atoms with Gasteiger partial charge in [-0.15, -0.1) is 0 Å². The SMILES string of the molecule is CCOCC=O.[PbH2]. The molecule has 7 heavy (non-hydrogen) atoms. The Morgan fingerprint density at radius 3 is 2.43 bits per heavy atom. The first-order chi connectivity index (χ1) is 2.91. The van der Waals surface area contributed by atoms with Crippen LogP contribution >= 0.6 is 0 Å². The Balaban J connectivity index is 0. The Labute approximate surface area is 63.4 Å². The van der Waals surface area contributed by atoms with Gasteiger partial charge in [-0.1, -0.05) is 0 Å². The molecule has 0 aromatic heterocycles. The van der Waals surface area contributed by atoms with Gasteiger partial charge in [0.1, 0.15) is 12.9 Å². The summed E-state index contributed by atoms with van der Waals surface area (Å²) in [5.74, 6) is 0. The van der Waals surface area contributed by atoms with Gasteiger partial charge in [-0.25, -0.2) is 0 Å². The van der Waals surface area contributed by atoms with Crippen molar-refractivity contribution in [1.82, 2.24) is 0 Å². The molecule has 0 bridgehead atoms. The van der Waals surface area contributed by atoms with Gasteiger partial charge in [-0.2, -0.15) is 0 Å². The first kappa shape index (κ1) is 10.5. The first-order valence-electron chi connectivity index (χ1n) is 1.93. The molecule has 0 unspecified atom stereocenters. The molecule has 0 aliphatic heterocycles. The third-order valence-corrected chi connectivity index (χ3v) is 0.390. The number of hydrogen-bond acceptors (Lipinski definition) is 2. The summed E-state index contributed by atoms with van der Waals surface area (Å²) in [5, 5.41) is 0. The van der Waals surface area contributed by atoms with E-state index in [1.165, 1.54) is 0 Å². The molecule has 2 radical (unpaired) electrons. The minimum atomic E-state index is 0. The van der Waals surface area contributed by atoms with Crippen molar-refractivity contribution in [3.05, 3.63) is 0 Å². The molecule has 2 nitrogen and oxygen atoms in total. The molecule has 42 valence electrons. The van der Waals surface area contributed by atoms with Crippen LogP contribution in [0.5, 0.6) is 0 Å². The molecular weight excluding hydrogens is 287 g/mol. The maximum atomic E-state index is 9.44. The molecule has 0 aliphatic rings. The molecule has 0 rings (SSSR count). The second-order valence-corrected chi connectivity index (χ2v) is 0.826. The van der Waals surface area contributed by atoms with Gasteiger partial charge in [0.15, 0.2) is 0 Å². The Bertz CT molecular complexity index is 38.7. The molecule has 0 aromatic rings. The zero-order valence-electron chi connectivity index (χ0n) is 4.52. The summed E-state index contributed by atoms with van der Waals surface area (Å²) in [6, 6.07) is 0. The van der Waals surface area contributed by atoms with Gasteiger partial charge >= 0.3 is 27.3 Å². The average Bonchev–Trinajstić information content (AvgIpc) is 1.61. The van der Waals surface area contributed by atoms with Crippen molar-refractivity contribution >= 4 is 33.6 Å². The van der Waals surface area contributed by atoms with Crippen molar-refractivity contribution in [2.24, 2.45) is 0 Å². The minimum absolute atomic E-state index is 0. The van der Waals surface area contributed by atoms with Crippen LogP contribution in [0.15, 0.2) is 0 Å². The van der Waals surface area contributed by atoms with E-state index in [1.54, 1.807) is 0 Å². The van der Waals surface area contributed by atoms with Gasteiger partial charge in [-0.3, -0.25) is 0 Å². The molecule has 0 saturated heterocycles. The first-order valence-corrected chi connectivity index (χ1v) is 1.93.